The van der Waals surface area contributed by atoms with Crippen LogP contribution in [0.2, 0.25) is 0 Å². The third-order valence-electron chi connectivity index (χ3n) is 2.22. The van der Waals surface area contributed by atoms with Gasteiger partial charge in [0.15, 0.2) is 6.61 Å². The normalized spacial score (nSPS) is 9.47. The van der Waals surface area contributed by atoms with E-state index in [0.717, 1.165) is 4.90 Å². The zero-order chi connectivity index (χ0) is 14.1. The molecular weight excluding hydrogens is 264 g/mol. The van der Waals surface area contributed by atoms with Crippen molar-refractivity contribution in [3.63, 3.8) is 0 Å². The van der Waals surface area contributed by atoms with Crippen LogP contribution in [0.3, 0.4) is 0 Å². The molecule has 0 bridgehead atoms. The number of esters is 1. The van der Waals surface area contributed by atoms with Gasteiger partial charge in [-0.25, -0.2) is 4.79 Å². The third kappa shape index (κ3) is 5.02. The first-order valence-corrected chi connectivity index (χ1v) is 6.85. The molecule has 19 heavy (non-hydrogen) atoms. The zero-order valence-corrected chi connectivity index (χ0v) is 11.3. The van der Waals surface area contributed by atoms with Crippen LogP contribution < -0.4 is 5.32 Å². The molecule has 1 amide bonds. The number of hydrogen-bond acceptors (Lipinski definition) is 5. The lowest BCUT2D eigenvalue weighted by molar-refractivity contribution is -0.124. The van der Waals surface area contributed by atoms with Gasteiger partial charge in [-0.05, 0) is 18.4 Å². The molecule has 1 rings (SSSR count). The van der Waals surface area contributed by atoms with Crippen molar-refractivity contribution < 1.29 is 14.3 Å². The minimum atomic E-state index is -0.527. The van der Waals surface area contributed by atoms with Crippen molar-refractivity contribution >= 4 is 23.6 Å². The van der Waals surface area contributed by atoms with Crippen molar-refractivity contribution in [2.45, 2.75) is 11.3 Å². The van der Waals surface area contributed by atoms with Gasteiger partial charge in [-0.15, -0.1) is 11.8 Å². The first-order valence-electron chi connectivity index (χ1n) is 5.63. The number of nitrogens with one attached hydrogen (secondary N) is 1. The second kappa shape index (κ2) is 8.16. The van der Waals surface area contributed by atoms with Gasteiger partial charge >= 0.3 is 5.97 Å². The predicted molar refractivity (Wildman–Crippen MR) is 71.7 cm³/mol. The Hall–Kier alpha value is -2.00. The van der Waals surface area contributed by atoms with E-state index >= 15 is 0 Å². The highest BCUT2D eigenvalue weighted by Crippen LogP contribution is 2.20. The van der Waals surface area contributed by atoms with E-state index < -0.39 is 11.9 Å². The number of amides is 1. The lowest BCUT2D eigenvalue weighted by Gasteiger charge is -2.07. The van der Waals surface area contributed by atoms with E-state index in [-0.39, 0.29) is 19.6 Å². The molecule has 0 aliphatic heterocycles. The van der Waals surface area contributed by atoms with Gasteiger partial charge in [-0.1, -0.05) is 12.1 Å². The number of nitriles is 1. The Morgan fingerprint density at radius 2 is 2.16 bits per heavy atom. The Bertz CT molecular complexity index is 497. The molecule has 0 spiro atoms. The van der Waals surface area contributed by atoms with Crippen molar-refractivity contribution in [1.82, 2.24) is 5.32 Å². The summed E-state index contributed by atoms with van der Waals surface area (Å²) in [5, 5.41) is 10.8. The summed E-state index contributed by atoms with van der Waals surface area (Å²) >= 11 is 1.44. The third-order valence-corrected chi connectivity index (χ3v) is 3.02. The van der Waals surface area contributed by atoms with E-state index in [2.05, 4.69) is 5.32 Å². The monoisotopic (exact) mass is 278 g/mol. The predicted octanol–water partition coefficient (Wildman–Crippen LogP) is 1.60. The highest BCUT2D eigenvalue weighted by atomic mass is 32.2. The van der Waals surface area contributed by atoms with Crippen LogP contribution in [0.4, 0.5) is 0 Å². The van der Waals surface area contributed by atoms with Crippen molar-refractivity contribution in [2.24, 2.45) is 0 Å². The maximum Gasteiger partial charge on any atom is 0.339 e. The summed E-state index contributed by atoms with van der Waals surface area (Å²) in [6, 6.07) is 8.94. The van der Waals surface area contributed by atoms with Gasteiger partial charge in [-0.3, -0.25) is 4.79 Å². The summed E-state index contributed by atoms with van der Waals surface area (Å²) in [7, 11) is 0. The molecule has 0 saturated carbocycles. The van der Waals surface area contributed by atoms with Gasteiger partial charge in [0.25, 0.3) is 5.91 Å². The molecule has 1 N–H and O–H groups in total. The van der Waals surface area contributed by atoms with Crippen LogP contribution in [0.5, 0.6) is 0 Å². The number of benzene rings is 1. The molecule has 1 aromatic rings. The fourth-order valence-electron chi connectivity index (χ4n) is 1.33. The van der Waals surface area contributed by atoms with Crippen molar-refractivity contribution in [2.75, 3.05) is 19.4 Å². The molecule has 0 aliphatic carbocycles. The van der Waals surface area contributed by atoms with Gasteiger partial charge in [0.05, 0.1) is 18.1 Å². The number of nitrogens with zero attached hydrogens (tertiary/aromatic N) is 1. The van der Waals surface area contributed by atoms with E-state index in [4.69, 9.17) is 10.00 Å². The van der Waals surface area contributed by atoms with Gasteiger partial charge < -0.3 is 10.1 Å². The molecule has 0 aromatic heterocycles. The van der Waals surface area contributed by atoms with E-state index in [1.807, 2.05) is 24.5 Å². The van der Waals surface area contributed by atoms with Crippen LogP contribution in [0.25, 0.3) is 0 Å². The molecule has 0 unspecified atom stereocenters. The standard InChI is InChI=1S/C13H14N2O3S/c1-19-11-6-3-2-5-10(11)13(17)18-9-12(16)15-8-4-7-14/h2-3,5-6H,4,8-9H2,1H3,(H,15,16). The topological polar surface area (TPSA) is 79.2 Å². The summed E-state index contributed by atoms with van der Waals surface area (Å²) in [6.07, 6.45) is 2.09. The van der Waals surface area contributed by atoms with E-state index in [1.165, 1.54) is 11.8 Å². The van der Waals surface area contributed by atoms with Crippen molar-refractivity contribution in [3.05, 3.63) is 29.8 Å². The number of thioether (sulfide) groups is 1. The van der Waals surface area contributed by atoms with Gasteiger partial charge in [-0.2, -0.15) is 5.26 Å². The first-order chi connectivity index (χ1) is 9.19. The Labute approximate surface area is 115 Å². The lowest BCUT2D eigenvalue weighted by Crippen LogP contribution is -2.29. The van der Waals surface area contributed by atoms with Crippen molar-refractivity contribution in [3.8, 4) is 6.07 Å². The number of ether oxygens (including phenoxy) is 1. The minimum absolute atomic E-state index is 0.231. The molecule has 5 nitrogen and oxygen atoms in total. The molecule has 6 heteroatoms. The van der Waals surface area contributed by atoms with E-state index in [0.29, 0.717) is 5.56 Å². The van der Waals surface area contributed by atoms with E-state index in [1.54, 1.807) is 12.1 Å². The molecule has 0 atom stereocenters. The van der Waals surface area contributed by atoms with Crippen molar-refractivity contribution in [1.29, 1.82) is 5.26 Å². The second-order valence-corrected chi connectivity index (χ2v) is 4.38. The van der Waals surface area contributed by atoms with Crippen LogP contribution in [-0.2, 0) is 9.53 Å². The van der Waals surface area contributed by atoms with Crippen LogP contribution >= 0.6 is 11.8 Å². The molecule has 0 heterocycles. The molecule has 0 radical (unpaired) electrons. The van der Waals surface area contributed by atoms with Gasteiger partial charge in [0.2, 0.25) is 0 Å². The van der Waals surface area contributed by atoms with Crippen LogP contribution in [0, 0.1) is 11.3 Å². The van der Waals surface area contributed by atoms with Gasteiger partial charge in [0, 0.05) is 11.4 Å². The summed E-state index contributed by atoms with van der Waals surface area (Å²) < 4.78 is 4.92. The number of carbonyl (C=O) groups excluding carboxylic acids is 2. The molecular formula is C13H14N2O3S. The van der Waals surface area contributed by atoms with E-state index in [9.17, 15) is 9.59 Å². The highest BCUT2D eigenvalue weighted by Gasteiger charge is 2.13. The number of rotatable bonds is 6. The maximum absolute atomic E-state index is 11.8. The number of carbonyl (C=O) groups is 2. The highest BCUT2D eigenvalue weighted by molar-refractivity contribution is 7.98. The summed E-state index contributed by atoms with van der Waals surface area (Å²) in [5.74, 6) is -0.939. The summed E-state index contributed by atoms with van der Waals surface area (Å²) in [6.45, 7) is -0.0821. The van der Waals surface area contributed by atoms with Crippen LogP contribution in [-0.4, -0.2) is 31.3 Å². The Morgan fingerprint density at radius 3 is 2.84 bits per heavy atom. The van der Waals surface area contributed by atoms with Gasteiger partial charge in [0.1, 0.15) is 0 Å². The average Bonchev–Trinajstić information content (AvgIpc) is 2.45. The molecule has 1 aromatic carbocycles. The fraction of sp³-hybridized carbons (Fsp3) is 0.308. The smallest absolute Gasteiger partial charge is 0.339 e. The lowest BCUT2D eigenvalue weighted by atomic mass is 10.2. The minimum Gasteiger partial charge on any atom is -0.452 e. The first kappa shape index (κ1) is 15.1. The maximum atomic E-state index is 11.8. The Kier molecular flexibility index (Phi) is 6.47. The fourth-order valence-corrected chi connectivity index (χ4v) is 1.92. The summed E-state index contributed by atoms with van der Waals surface area (Å²) in [4.78, 5) is 23.9. The zero-order valence-electron chi connectivity index (χ0n) is 10.5. The second-order valence-electron chi connectivity index (χ2n) is 3.53. The Balaban J connectivity index is 2.47. The average molecular weight is 278 g/mol. The molecule has 0 aliphatic rings. The van der Waals surface area contributed by atoms with Crippen LogP contribution in [0.15, 0.2) is 29.2 Å². The SMILES string of the molecule is CSc1ccccc1C(=O)OCC(=O)NCCC#N. The largest absolute Gasteiger partial charge is 0.452 e. The quantitative estimate of drug-likeness (QED) is 0.485. The van der Waals surface area contributed by atoms with Crippen LogP contribution in [0.1, 0.15) is 16.8 Å². The Morgan fingerprint density at radius 1 is 1.42 bits per heavy atom. The molecule has 0 saturated heterocycles. The molecule has 0 fully saturated rings. The molecule has 100 valence electrons. The number of hydrogen-bond donors (Lipinski definition) is 1. The summed E-state index contributed by atoms with van der Waals surface area (Å²) in [5.41, 5.74) is 0.444.